The number of hydrogen-bond acceptors (Lipinski definition) is 6. The van der Waals surface area contributed by atoms with Crippen molar-refractivity contribution in [1.82, 2.24) is 5.32 Å². The monoisotopic (exact) mass is 418 g/mol. The number of hydrogen-bond donors (Lipinski definition) is 2. The van der Waals surface area contributed by atoms with Gasteiger partial charge >= 0.3 is 5.97 Å². The quantitative estimate of drug-likeness (QED) is 0.637. The van der Waals surface area contributed by atoms with E-state index in [9.17, 15) is 18.0 Å². The Kier molecular flexibility index (Phi) is 6.07. The summed E-state index contributed by atoms with van der Waals surface area (Å²) in [7, 11) is -2.41. The standard InChI is InChI=1S/C20H22N2O6S/c1-13(19(23)21-15-6-7-15)28-20(24)14-4-3-5-18(12-14)29(25,26)22-16-8-10-17(27-2)11-9-16/h3-5,8-13,15,22H,6-7H2,1-2H3,(H,21,23)/t13-/m0/s1. The van der Waals surface area contributed by atoms with Gasteiger partial charge in [0.1, 0.15) is 5.75 Å². The van der Waals surface area contributed by atoms with Crippen molar-refractivity contribution in [3.05, 3.63) is 54.1 Å². The predicted molar refractivity (Wildman–Crippen MR) is 106 cm³/mol. The topological polar surface area (TPSA) is 111 Å². The molecule has 0 unspecified atom stereocenters. The maximum atomic E-state index is 12.6. The van der Waals surface area contributed by atoms with Crippen LogP contribution < -0.4 is 14.8 Å². The molecule has 0 aliphatic heterocycles. The lowest BCUT2D eigenvalue weighted by Crippen LogP contribution is -2.37. The summed E-state index contributed by atoms with van der Waals surface area (Å²) in [6.07, 6.45) is 0.877. The summed E-state index contributed by atoms with van der Waals surface area (Å²) in [6, 6.07) is 12.0. The van der Waals surface area contributed by atoms with Gasteiger partial charge in [-0.15, -0.1) is 0 Å². The van der Waals surface area contributed by atoms with Crippen LogP contribution >= 0.6 is 0 Å². The van der Waals surface area contributed by atoms with E-state index in [1.807, 2.05) is 0 Å². The highest BCUT2D eigenvalue weighted by atomic mass is 32.2. The van der Waals surface area contributed by atoms with Crippen LogP contribution in [0.2, 0.25) is 0 Å². The first-order chi connectivity index (χ1) is 13.8. The van der Waals surface area contributed by atoms with Crippen molar-refractivity contribution in [2.45, 2.75) is 36.8 Å². The van der Waals surface area contributed by atoms with Crippen LogP contribution in [-0.2, 0) is 19.6 Å². The summed E-state index contributed by atoms with van der Waals surface area (Å²) in [4.78, 5) is 24.2. The zero-order chi connectivity index (χ0) is 21.0. The third kappa shape index (κ3) is 5.47. The Labute approximate surface area is 169 Å². The summed E-state index contributed by atoms with van der Waals surface area (Å²) in [5.41, 5.74) is 0.387. The Morgan fingerprint density at radius 3 is 2.41 bits per heavy atom. The SMILES string of the molecule is COc1ccc(NS(=O)(=O)c2cccc(C(=O)O[C@@H](C)C(=O)NC3CC3)c2)cc1. The van der Waals surface area contributed by atoms with E-state index >= 15 is 0 Å². The number of amides is 1. The molecule has 2 aromatic rings. The van der Waals surface area contributed by atoms with Gasteiger partial charge in [-0.2, -0.15) is 0 Å². The minimum absolute atomic E-state index is 0.0358. The van der Waals surface area contributed by atoms with Crippen LogP contribution in [0.3, 0.4) is 0 Å². The summed E-state index contributed by atoms with van der Waals surface area (Å²) in [6.45, 7) is 1.47. The van der Waals surface area contributed by atoms with Gasteiger partial charge in [-0.25, -0.2) is 13.2 Å². The van der Waals surface area contributed by atoms with Crippen molar-refractivity contribution in [3.63, 3.8) is 0 Å². The van der Waals surface area contributed by atoms with E-state index in [1.165, 1.54) is 38.3 Å². The minimum Gasteiger partial charge on any atom is -0.497 e. The van der Waals surface area contributed by atoms with Crippen molar-refractivity contribution in [2.75, 3.05) is 11.8 Å². The largest absolute Gasteiger partial charge is 0.497 e. The fourth-order valence-electron chi connectivity index (χ4n) is 2.49. The second kappa shape index (κ2) is 8.52. The predicted octanol–water partition coefficient (Wildman–Crippen LogP) is 2.32. The molecule has 3 rings (SSSR count). The van der Waals surface area contributed by atoms with Crippen LogP contribution in [0.4, 0.5) is 5.69 Å². The highest BCUT2D eigenvalue weighted by Crippen LogP contribution is 2.21. The maximum Gasteiger partial charge on any atom is 0.338 e. The molecular formula is C20H22N2O6S. The van der Waals surface area contributed by atoms with Crippen LogP contribution in [0.5, 0.6) is 5.75 Å². The number of nitrogens with one attached hydrogen (secondary N) is 2. The molecule has 0 bridgehead atoms. The summed E-state index contributed by atoms with van der Waals surface area (Å²) < 4.78 is 37.9. The molecule has 0 heterocycles. The second-order valence-electron chi connectivity index (χ2n) is 6.69. The molecule has 2 aromatic carbocycles. The number of methoxy groups -OCH3 is 1. The van der Waals surface area contributed by atoms with E-state index in [0.29, 0.717) is 11.4 Å². The average Bonchev–Trinajstić information content (AvgIpc) is 3.52. The molecule has 1 aliphatic rings. The summed E-state index contributed by atoms with van der Waals surface area (Å²) in [5, 5.41) is 2.75. The maximum absolute atomic E-state index is 12.6. The molecule has 0 aromatic heterocycles. The number of rotatable bonds is 8. The second-order valence-corrected chi connectivity index (χ2v) is 8.37. The lowest BCUT2D eigenvalue weighted by atomic mass is 10.2. The molecule has 1 amide bonds. The molecule has 0 radical (unpaired) electrons. The highest BCUT2D eigenvalue weighted by Gasteiger charge is 2.27. The Bertz CT molecular complexity index is 1000. The van der Waals surface area contributed by atoms with Gasteiger partial charge in [-0.3, -0.25) is 9.52 Å². The summed E-state index contributed by atoms with van der Waals surface area (Å²) >= 11 is 0. The smallest absolute Gasteiger partial charge is 0.338 e. The molecule has 0 spiro atoms. The number of esters is 1. The lowest BCUT2D eigenvalue weighted by Gasteiger charge is -2.14. The van der Waals surface area contributed by atoms with E-state index in [-0.39, 0.29) is 22.4 Å². The third-order valence-electron chi connectivity index (χ3n) is 4.30. The summed E-state index contributed by atoms with van der Waals surface area (Å²) in [5.74, 6) is -0.548. The first-order valence-corrected chi connectivity index (χ1v) is 10.5. The molecule has 154 valence electrons. The van der Waals surface area contributed by atoms with Crippen molar-refractivity contribution >= 4 is 27.6 Å². The molecule has 1 atom stereocenters. The number of carbonyl (C=O) groups excluding carboxylic acids is 2. The van der Waals surface area contributed by atoms with Crippen molar-refractivity contribution < 1.29 is 27.5 Å². The molecule has 8 nitrogen and oxygen atoms in total. The number of carbonyl (C=O) groups is 2. The average molecular weight is 418 g/mol. The van der Waals surface area contributed by atoms with Crippen molar-refractivity contribution in [3.8, 4) is 5.75 Å². The van der Waals surface area contributed by atoms with Gasteiger partial charge in [0.15, 0.2) is 6.10 Å². The van der Waals surface area contributed by atoms with Gasteiger partial charge in [0.05, 0.1) is 17.6 Å². The highest BCUT2D eigenvalue weighted by molar-refractivity contribution is 7.92. The van der Waals surface area contributed by atoms with Gasteiger partial charge in [0.25, 0.3) is 15.9 Å². The van der Waals surface area contributed by atoms with Crippen molar-refractivity contribution in [1.29, 1.82) is 0 Å². The zero-order valence-electron chi connectivity index (χ0n) is 16.0. The van der Waals surface area contributed by atoms with Crippen LogP contribution in [0.1, 0.15) is 30.1 Å². The fourth-order valence-corrected chi connectivity index (χ4v) is 3.60. The van der Waals surface area contributed by atoms with E-state index in [1.54, 1.807) is 24.3 Å². The molecule has 29 heavy (non-hydrogen) atoms. The molecule has 2 N–H and O–H groups in total. The lowest BCUT2D eigenvalue weighted by molar-refractivity contribution is -0.129. The van der Waals surface area contributed by atoms with Crippen LogP contribution in [0.15, 0.2) is 53.4 Å². The fraction of sp³-hybridized carbons (Fsp3) is 0.300. The van der Waals surface area contributed by atoms with E-state index in [0.717, 1.165) is 12.8 Å². The Hall–Kier alpha value is -3.07. The number of anilines is 1. The molecule has 1 aliphatic carbocycles. The van der Waals surface area contributed by atoms with E-state index in [2.05, 4.69) is 10.0 Å². The minimum atomic E-state index is -3.92. The van der Waals surface area contributed by atoms with Gasteiger partial charge in [-0.1, -0.05) is 6.07 Å². The Morgan fingerprint density at radius 1 is 1.10 bits per heavy atom. The first kappa shape index (κ1) is 20.7. The van der Waals surface area contributed by atoms with Crippen LogP contribution in [-0.4, -0.2) is 39.5 Å². The molecular weight excluding hydrogens is 396 g/mol. The zero-order valence-corrected chi connectivity index (χ0v) is 16.9. The first-order valence-electron chi connectivity index (χ1n) is 9.07. The number of benzene rings is 2. The normalized spacial score (nSPS) is 14.6. The van der Waals surface area contributed by atoms with Gasteiger partial charge in [-0.05, 0) is 62.2 Å². The van der Waals surface area contributed by atoms with Gasteiger partial charge < -0.3 is 14.8 Å². The van der Waals surface area contributed by atoms with Gasteiger partial charge in [0, 0.05) is 11.7 Å². The van der Waals surface area contributed by atoms with E-state index < -0.39 is 22.1 Å². The molecule has 0 saturated heterocycles. The Balaban J connectivity index is 1.69. The number of sulfonamides is 1. The van der Waals surface area contributed by atoms with E-state index in [4.69, 9.17) is 9.47 Å². The molecule has 1 saturated carbocycles. The third-order valence-corrected chi connectivity index (χ3v) is 5.68. The van der Waals surface area contributed by atoms with Crippen molar-refractivity contribution in [2.24, 2.45) is 0 Å². The number of ether oxygens (including phenoxy) is 2. The Morgan fingerprint density at radius 2 is 1.79 bits per heavy atom. The van der Waals surface area contributed by atoms with Crippen LogP contribution in [0.25, 0.3) is 0 Å². The molecule has 1 fully saturated rings. The molecule has 9 heteroatoms. The van der Waals surface area contributed by atoms with Gasteiger partial charge in [0.2, 0.25) is 0 Å². The van der Waals surface area contributed by atoms with Crippen LogP contribution in [0, 0.1) is 0 Å².